The topological polar surface area (TPSA) is 63.4 Å². The highest BCUT2D eigenvalue weighted by molar-refractivity contribution is 7.89. The van der Waals surface area contributed by atoms with Gasteiger partial charge in [-0.05, 0) is 31.0 Å². The molecule has 0 unspecified atom stereocenters. The maximum absolute atomic E-state index is 12.5. The lowest BCUT2D eigenvalue weighted by atomic mass is 9.96. The van der Waals surface area contributed by atoms with Crippen LogP contribution in [0.3, 0.4) is 0 Å². The minimum Gasteiger partial charge on any atom is -0.397 e. The van der Waals surface area contributed by atoms with Gasteiger partial charge in [0.2, 0.25) is 10.0 Å². The lowest BCUT2D eigenvalue weighted by Gasteiger charge is -2.30. The van der Waals surface area contributed by atoms with Gasteiger partial charge >= 0.3 is 0 Å². The smallest absolute Gasteiger partial charge is 0.243 e. The highest BCUT2D eigenvalue weighted by Gasteiger charge is 2.29. The van der Waals surface area contributed by atoms with Crippen molar-refractivity contribution in [3.8, 4) is 0 Å². The van der Waals surface area contributed by atoms with E-state index in [4.69, 9.17) is 17.3 Å². The molecule has 0 saturated heterocycles. The monoisotopic (exact) mass is 302 g/mol. The van der Waals surface area contributed by atoms with Gasteiger partial charge in [-0.2, -0.15) is 4.31 Å². The van der Waals surface area contributed by atoms with E-state index in [1.54, 1.807) is 7.05 Å². The van der Waals surface area contributed by atoms with Gasteiger partial charge in [0.05, 0.1) is 15.6 Å². The zero-order valence-corrected chi connectivity index (χ0v) is 12.5. The molecule has 19 heavy (non-hydrogen) atoms. The van der Waals surface area contributed by atoms with Gasteiger partial charge in [-0.1, -0.05) is 30.9 Å². The van der Waals surface area contributed by atoms with E-state index in [2.05, 4.69) is 0 Å². The minimum atomic E-state index is -3.48. The Morgan fingerprint density at radius 2 is 1.89 bits per heavy atom. The zero-order chi connectivity index (χ0) is 14.0. The summed E-state index contributed by atoms with van der Waals surface area (Å²) in [6.07, 6.45) is 5.23. The predicted molar refractivity (Wildman–Crippen MR) is 77.7 cm³/mol. The van der Waals surface area contributed by atoms with Crippen LogP contribution in [0.5, 0.6) is 0 Å². The van der Waals surface area contributed by atoms with Gasteiger partial charge in [0.25, 0.3) is 0 Å². The lowest BCUT2D eigenvalue weighted by Crippen LogP contribution is -2.38. The van der Waals surface area contributed by atoms with Crippen LogP contribution in [-0.2, 0) is 10.0 Å². The maximum Gasteiger partial charge on any atom is 0.243 e. The second-order valence-corrected chi connectivity index (χ2v) is 7.40. The van der Waals surface area contributed by atoms with E-state index in [1.165, 1.54) is 28.9 Å². The summed E-state index contributed by atoms with van der Waals surface area (Å²) in [6, 6.07) is 4.55. The molecule has 0 aromatic heterocycles. The van der Waals surface area contributed by atoms with Crippen molar-refractivity contribution in [2.24, 2.45) is 0 Å². The van der Waals surface area contributed by atoms with E-state index in [1.807, 2.05) is 0 Å². The van der Waals surface area contributed by atoms with Crippen LogP contribution in [0.15, 0.2) is 23.1 Å². The number of benzene rings is 1. The summed E-state index contributed by atoms with van der Waals surface area (Å²) in [5.74, 6) is 0. The summed E-state index contributed by atoms with van der Waals surface area (Å²) in [5.41, 5.74) is 5.97. The average Bonchev–Trinajstić information content (AvgIpc) is 2.41. The molecule has 0 atom stereocenters. The van der Waals surface area contributed by atoms with E-state index >= 15 is 0 Å². The predicted octanol–water partition coefficient (Wildman–Crippen LogP) is 2.88. The Balaban J connectivity index is 2.27. The van der Waals surface area contributed by atoms with Crippen molar-refractivity contribution in [1.29, 1.82) is 0 Å². The fourth-order valence-electron chi connectivity index (χ4n) is 2.49. The second-order valence-electron chi connectivity index (χ2n) is 5.00. The first kappa shape index (κ1) is 14.6. The highest BCUT2D eigenvalue weighted by Crippen LogP contribution is 2.28. The number of halogens is 1. The Labute approximate surface area is 119 Å². The van der Waals surface area contributed by atoms with E-state index in [9.17, 15) is 8.42 Å². The molecule has 1 aromatic rings. The molecular weight excluding hydrogens is 284 g/mol. The van der Waals surface area contributed by atoms with E-state index in [-0.39, 0.29) is 10.9 Å². The lowest BCUT2D eigenvalue weighted by molar-refractivity contribution is 0.286. The van der Waals surface area contributed by atoms with Gasteiger partial charge in [0.15, 0.2) is 0 Å². The number of sulfonamides is 1. The molecule has 4 nitrogen and oxygen atoms in total. The molecule has 106 valence electrons. The van der Waals surface area contributed by atoms with Gasteiger partial charge in [0, 0.05) is 13.1 Å². The van der Waals surface area contributed by atoms with Crippen molar-refractivity contribution in [1.82, 2.24) is 4.31 Å². The third kappa shape index (κ3) is 3.04. The van der Waals surface area contributed by atoms with Gasteiger partial charge in [-0.15, -0.1) is 0 Å². The van der Waals surface area contributed by atoms with Crippen LogP contribution < -0.4 is 5.73 Å². The molecule has 0 aliphatic heterocycles. The Kier molecular flexibility index (Phi) is 4.38. The molecule has 1 aliphatic carbocycles. The van der Waals surface area contributed by atoms with Crippen LogP contribution in [0.25, 0.3) is 0 Å². The van der Waals surface area contributed by atoms with Crippen LogP contribution in [-0.4, -0.2) is 25.8 Å². The van der Waals surface area contributed by atoms with Gasteiger partial charge < -0.3 is 5.73 Å². The molecule has 1 fully saturated rings. The Hall–Kier alpha value is -0.780. The van der Waals surface area contributed by atoms with E-state index in [0.29, 0.717) is 10.7 Å². The molecule has 6 heteroatoms. The fraction of sp³-hybridized carbons (Fsp3) is 0.538. The van der Waals surface area contributed by atoms with Gasteiger partial charge in [0.1, 0.15) is 0 Å². The van der Waals surface area contributed by atoms with E-state index < -0.39 is 10.0 Å². The quantitative estimate of drug-likeness (QED) is 0.873. The molecule has 1 saturated carbocycles. The summed E-state index contributed by atoms with van der Waals surface area (Å²) in [4.78, 5) is 0.211. The van der Waals surface area contributed by atoms with Crippen LogP contribution in [0.2, 0.25) is 5.02 Å². The highest BCUT2D eigenvalue weighted by atomic mass is 35.5. The summed E-state index contributed by atoms with van der Waals surface area (Å²) in [7, 11) is -1.83. The third-order valence-corrected chi connectivity index (χ3v) is 5.98. The molecule has 2 N–H and O–H groups in total. The standard InChI is InChI=1S/C13H19ClN2O2S/c1-16(10-5-3-2-4-6-10)19(17,18)11-7-8-12(14)13(15)9-11/h7-10H,2-6,15H2,1H3. The van der Waals surface area contributed by atoms with Crippen molar-refractivity contribution >= 4 is 27.3 Å². The summed E-state index contributed by atoms with van der Waals surface area (Å²) in [5, 5.41) is 0.374. The number of hydrogen-bond donors (Lipinski definition) is 1. The minimum absolute atomic E-state index is 0.0932. The van der Waals surface area contributed by atoms with Gasteiger partial charge in [-0.3, -0.25) is 0 Å². The van der Waals surface area contributed by atoms with Crippen molar-refractivity contribution in [2.45, 2.75) is 43.0 Å². The van der Waals surface area contributed by atoms with Crippen molar-refractivity contribution in [3.63, 3.8) is 0 Å². The summed E-state index contributed by atoms with van der Waals surface area (Å²) >= 11 is 5.83. The molecule has 0 spiro atoms. The first-order valence-electron chi connectivity index (χ1n) is 6.46. The number of rotatable bonds is 3. The molecule has 0 amide bonds. The largest absolute Gasteiger partial charge is 0.397 e. The number of hydrogen-bond acceptors (Lipinski definition) is 3. The normalized spacial score (nSPS) is 17.8. The molecule has 0 heterocycles. The van der Waals surface area contributed by atoms with Crippen molar-refractivity contribution in [3.05, 3.63) is 23.2 Å². The first-order chi connectivity index (χ1) is 8.93. The average molecular weight is 303 g/mol. The van der Waals surface area contributed by atoms with E-state index in [0.717, 1.165) is 25.7 Å². The maximum atomic E-state index is 12.5. The zero-order valence-electron chi connectivity index (χ0n) is 11.0. The number of nitrogen functional groups attached to an aromatic ring is 1. The molecule has 0 radical (unpaired) electrons. The Morgan fingerprint density at radius 3 is 2.47 bits per heavy atom. The molecule has 2 rings (SSSR count). The Bertz CT molecular complexity index is 554. The van der Waals surface area contributed by atoms with Crippen LogP contribution >= 0.6 is 11.6 Å². The van der Waals surface area contributed by atoms with Gasteiger partial charge in [-0.25, -0.2) is 8.42 Å². The summed E-state index contributed by atoms with van der Waals surface area (Å²) in [6.45, 7) is 0. The Morgan fingerprint density at radius 1 is 1.26 bits per heavy atom. The molecular formula is C13H19ClN2O2S. The number of anilines is 1. The third-order valence-electron chi connectivity index (χ3n) is 3.73. The number of nitrogens with two attached hydrogens (primary N) is 1. The SMILES string of the molecule is CN(C1CCCCC1)S(=O)(=O)c1ccc(Cl)c(N)c1. The second kappa shape index (κ2) is 5.69. The van der Waals surface area contributed by atoms with Crippen LogP contribution in [0.1, 0.15) is 32.1 Å². The van der Waals surface area contributed by atoms with Crippen molar-refractivity contribution in [2.75, 3.05) is 12.8 Å². The molecule has 1 aromatic carbocycles. The first-order valence-corrected chi connectivity index (χ1v) is 8.28. The number of nitrogens with zero attached hydrogens (tertiary/aromatic N) is 1. The molecule has 0 bridgehead atoms. The van der Waals surface area contributed by atoms with Crippen LogP contribution in [0, 0.1) is 0 Å². The summed E-state index contributed by atoms with van der Waals surface area (Å²) < 4.78 is 26.5. The van der Waals surface area contributed by atoms with Crippen LogP contribution in [0.4, 0.5) is 5.69 Å². The molecule has 1 aliphatic rings. The fourth-order valence-corrected chi connectivity index (χ4v) is 4.06. The van der Waals surface area contributed by atoms with Crippen molar-refractivity contribution < 1.29 is 8.42 Å².